The Labute approximate surface area is 180 Å². The van der Waals surface area contributed by atoms with Gasteiger partial charge in [-0.05, 0) is 42.0 Å². The van der Waals surface area contributed by atoms with Crippen LogP contribution >= 0.6 is 34.8 Å². The number of nitrogens with zero attached hydrogens (tertiary/aromatic N) is 2. The second-order valence-electron chi connectivity index (χ2n) is 5.72. The molecule has 0 spiro atoms. The lowest BCUT2D eigenvalue weighted by atomic mass is 10.1. The van der Waals surface area contributed by atoms with Crippen LogP contribution in [0, 0.1) is 11.3 Å². The van der Waals surface area contributed by atoms with Crippen LogP contribution in [0.1, 0.15) is 5.56 Å². The third-order valence-corrected chi connectivity index (χ3v) is 4.92. The van der Waals surface area contributed by atoms with E-state index >= 15 is 0 Å². The summed E-state index contributed by atoms with van der Waals surface area (Å²) in [6.07, 6.45) is 1.37. The Balaban J connectivity index is 1.95. The second-order valence-corrected chi connectivity index (χ2v) is 6.94. The third-order valence-electron chi connectivity index (χ3n) is 3.90. The molecule has 3 rings (SSSR count). The van der Waals surface area contributed by atoms with Crippen molar-refractivity contribution in [3.63, 3.8) is 0 Å². The highest BCUT2D eigenvalue weighted by molar-refractivity contribution is 6.42. The van der Waals surface area contributed by atoms with E-state index in [0.717, 1.165) is 5.01 Å². The number of carbonyl (C=O) groups is 2. The molecule has 0 bridgehead atoms. The number of carbonyl (C=O) groups excluding carboxylic acids is 2. The number of benzene rings is 2. The number of halogens is 3. The molecule has 1 aliphatic rings. The molecule has 29 heavy (non-hydrogen) atoms. The summed E-state index contributed by atoms with van der Waals surface area (Å²) in [6.45, 7) is -0.212. The van der Waals surface area contributed by atoms with Crippen molar-refractivity contribution in [1.29, 1.82) is 5.26 Å². The Kier molecular flexibility index (Phi) is 6.18. The smallest absolute Gasteiger partial charge is 0.282 e. The van der Waals surface area contributed by atoms with Crippen LogP contribution in [0.3, 0.4) is 0 Å². The quantitative estimate of drug-likeness (QED) is 0.546. The van der Waals surface area contributed by atoms with Gasteiger partial charge in [0, 0.05) is 0 Å². The molecule has 1 N–H and O–H groups in total. The van der Waals surface area contributed by atoms with Gasteiger partial charge in [0.25, 0.3) is 11.8 Å². The first-order chi connectivity index (χ1) is 13.8. The molecule has 0 atom stereocenters. The molecule has 0 radical (unpaired) electrons. The normalized spacial score (nSPS) is 14.7. The van der Waals surface area contributed by atoms with Crippen LogP contribution in [0.4, 0.5) is 5.69 Å². The van der Waals surface area contributed by atoms with Crippen molar-refractivity contribution in [1.82, 2.24) is 5.43 Å². The summed E-state index contributed by atoms with van der Waals surface area (Å²) in [5.74, 6) is -0.724. The molecule has 1 aliphatic heterocycles. The minimum atomic E-state index is -0.596. The topological polar surface area (TPSA) is 91.7 Å². The summed E-state index contributed by atoms with van der Waals surface area (Å²) in [5, 5.41) is 10.5. The highest BCUT2D eigenvalue weighted by Crippen LogP contribution is 2.37. The molecular formula is C19H12Cl3N3O4. The van der Waals surface area contributed by atoms with E-state index in [9.17, 15) is 9.59 Å². The van der Waals surface area contributed by atoms with Crippen LogP contribution < -0.4 is 19.9 Å². The SMILES string of the molecule is COc1cc(/C=C2\C(=O)NN(c3ccc(Cl)c(Cl)c3)C2=O)cc(Cl)c1OCC#N. The zero-order valence-corrected chi connectivity index (χ0v) is 17.1. The monoisotopic (exact) mass is 451 g/mol. The molecule has 2 amide bonds. The summed E-state index contributed by atoms with van der Waals surface area (Å²) in [6, 6.07) is 9.40. The maximum Gasteiger partial charge on any atom is 0.282 e. The molecule has 2 aromatic rings. The van der Waals surface area contributed by atoms with Gasteiger partial charge >= 0.3 is 0 Å². The van der Waals surface area contributed by atoms with Gasteiger partial charge in [-0.15, -0.1) is 0 Å². The summed E-state index contributed by atoms with van der Waals surface area (Å²) in [5.41, 5.74) is 3.15. The predicted octanol–water partition coefficient (Wildman–Crippen LogP) is 4.02. The van der Waals surface area contributed by atoms with Gasteiger partial charge in [-0.3, -0.25) is 15.0 Å². The Hall–Kier alpha value is -2.92. The fourth-order valence-corrected chi connectivity index (χ4v) is 3.16. The molecule has 0 aromatic heterocycles. The molecule has 7 nitrogen and oxygen atoms in total. The lowest BCUT2D eigenvalue weighted by molar-refractivity contribution is -0.117. The van der Waals surface area contributed by atoms with E-state index < -0.39 is 11.8 Å². The number of rotatable bonds is 5. The van der Waals surface area contributed by atoms with E-state index in [2.05, 4.69) is 5.43 Å². The summed E-state index contributed by atoms with van der Waals surface area (Å²) >= 11 is 18.1. The van der Waals surface area contributed by atoms with Crippen LogP contribution in [0.2, 0.25) is 15.1 Å². The summed E-state index contributed by atoms with van der Waals surface area (Å²) in [4.78, 5) is 25.1. The van der Waals surface area contributed by atoms with E-state index in [1.807, 2.05) is 6.07 Å². The van der Waals surface area contributed by atoms with Crippen LogP contribution in [-0.4, -0.2) is 25.5 Å². The molecule has 1 heterocycles. The Morgan fingerprint density at radius 2 is 1.90 bits per heavy atom. The molecule has 0 unspecified atom stereocenters. The van der Waals surface area contributed by atoms with Gasteiger partial charge in [-0.2, -0.15) is 5.26 Å². The third kappa shape index (κ3) is 4.25. The molecule has 148 valence electrons. The summed E-state index contributed by atoms with van der Waals surface area (Å²) in [7, 11) is 1.40. The lowest BCUT2D eigenvalue weighted by Crippen LogP contribution is -2.35. The zero-order chi connectivity index (χ0) is 21.1. The molecule has 1 fully saturated rings. The maximum atomic E-state index is 12.7. The van der Waals surface area contributed by atoms with Gasteiger partial charge in [0.15, 0.2) is 18.1 Å². The van der Waals surface area contributed by atoms with E-state index in [1.165, 1.54) is 37.5 Å². The van der Waals surface area contributed by atoms with Crippen LogP contribution in [-0.2, 0) is 9.59 Å². The number of methoxy groups -OCH3 is 1. The van der Waals surface area contributed by atoms with Gasteiger partial charge in [0.1, 0.15) is 11.6 Å². The summed E-state index contributed by atoms with van der Waals surface area (Å²) < 4.78 is 10.5. The van der Waals surface area contributed by atoms with Gasteiger partial charge in [0.05, 0.1) is 27.9 Å². The van der Waals surface area contributed by atoms with E-state index in [0.29, 0.717) is 16.3 Å². The van der Waals surface area contributed by atoms with Crippen molar-refractivity contribution in [3.8, 4) is 17.6 Å². The lowest BCUT2D eigenvalue weighted by Gasteiger charge is -2.15. The Morgan fingerprint density at radius 3 is 2.55 bits per heavy atom. The van der Waals surface area contributed by atoms with Gasteiger partial charge < -0.3 is 9.47 Å². The van der Waals surface area contributed by atoms with Crippen molar-refractivity contribution >= 4 is 58.4 Å². The fourth-order valence-electron chi connectivity index (χ4n) is 2.60. The Bertz CT molecular complexity index is 1080. The minimum Gasteiger partial charge on any atom is -0.493 e. The van der Waals surface area contributed by atoms with Crippen LogP contribution in [0.15, 0.2) is 35.9 Å². The number of nitrogens with one attached hydrogen (secondary N) is 1. The van der Waals surface area contributed by atoms with E-state index in [-0.39, 0.29) is 33.7 Å². The number of hydrogen-bond acceptors (Lipinski definition) is 5. The zero-order valence-electron chi connectivity index (χ0n) is 14.8. The molecule has 10 heteroatoms. The molecule has 0 saturated carbocycles. The fraction of sp³-hybridized carbons (Fsp3) is 0.105. The minimum absolute atomic E-state index is 0.111. The number of anilines is 1. The maximum absolute atomic E-state index is 12.7. The highest BCUT2D eigenvalue weighted by Gasteiger charge is 2.34. The average molecular weight is 453 g/mol. The number of amides is 2. The number of ether oxygens (including phenoxy) is 2. The van der Waals surface area contributed by atoms with E-state index in [4.69, 9.17) is 49.5 Å². The number of hydrogen-bond donors (Lipinski definition) is 1. The number of hydrazine groups is 1. The van der Waals surface area contributed by atoms with Gasteiger partial charge in [-0.1, -0.05) is 34.8 Å². The van der Waals surface area contributed by atoms with Crippen molar-refractivity contribution in [2.45, 2.75) is 0 Å². The first-order valence-electron chi connectivity index (χ1n) is 8.05. The standard InChI is InChI=1S/C19H12Cl3N3O4/c1-28-16-8-10(7-15(22)17(16)29-5-4-23)6-12-18(26)24-25(19(12)27)11-2-3-13(20)14(21)9-11/h2-3,6-9H,5H2,1H3,(H,24,26)/b12-6+. The highest BCUT2D eigenvalue weighted by atomic mass is 35.5. The Morgan fingerprint density at radius 1 is 1.14 bits per heavy atom. The van der Waals surface area contributed by atoms with Crippen molar-refractivity contribution in [2.24, 2.45) is 0 Å². The molecule has 2 aromatic carbocycles. The number of nitriles is 1. The molecule has 0 aliphatic carbocycles. The van der Waals surface area contributed by atoms with Crippen molar-refractivity contribution in [3.05, 3.63) is 56.5 Å². The van der Waals surface area contributed by atoms with E-state index in [1.54, 1.807) is 6.07 Å². The second kappa shape index (κ2) is 8.62. The largest absolute Gasteiger partial charge is 0.493 e. The van der Waals surface area contributed by atoms with Gasteiger partial charge in [-0.25, -0.2) is 5.01 Å². The van der Waals surface area contributed by atoms with Crippen LogP contribution in [0.5, 0.6) is 11.5 Å². The first kappa shape index (κ1) is 20.8. The van der Waals surface area contributed by atoms with Crippen molar-refractivity contribution < 1.29 is 19.1 Å². The molecule has 1 saturated heterocycles. The average Bonchev–Trinajstić information content (AvgIpc) is 2.97. The van der Waals surface area contributed by atoms with Crippen LogP contribution in [0.25, 0.3) is 6.08 Å². The van der Waals surface area contributed by atoms with Gasteiger partial charge in [0.2, 0.25) is 0 Å². The molecular weight excluding hydrogens is 441 g/mol. The predicted molar refractivity (Wildman–Crippen MR) is 109 cm³/mol. The van der Waals surface area contributed by atoms with Crippen molar-refractivity contribution in [2.75, 3.05) is 18.7 Å². The first-order valence-corrected chi connectivity index (χ1v) is 9.18.